The van der Waals surface area contributed by atoms with Crippen molar-refractivity contribution in [2.45, 2.75) is 25.6 Å². The van der Waals surface area contributed by atoms with E-state index in [1.165, 1.54) is 29.2 Å². The number of anilines is 2. The van der Waals surface area contributed by atoms with Crippen LogP contribution in [0.15, 0.2) is 103 Å². The van der Waals surface area contributed by atoms with E-state index in [9.17, 15) is 18.8 Å². The van der Waals surface area contributed by atoms with Crippen molar-refractivity contribution in [1.82, 2.24) is 4.90 Å². The summed E-state index contributed by atoms with van der Waals surface area (Å²) in [5, 5.41) is 5.63. The first-order valence-corrected chi connectivity index (χ1v) is 12.4. The number of nitrogens with one attached hydrogen (secondary N) is 2. The lowest BCUT2D eigenvalue weighted by molar-refractivity contribution is -0.121. The molecule has 0 aliphatic carbocycles. The van der Waals surface area contributed by atoms with Gasteiger partial charge >= 0.3 is 6.09 Å². The van der Waals surface area contributed by atoms with Crippen LogP contribution in [-0.4, -0.2) is 28.8 Å². The predicted octanol–water partition coefficient (Wildman–Crippen LogP) is 6.09. The molecule has 4 aromatic rings. The molecule has 1 heterocycles. The van der Waals surface area contributed by atoms with Crippen LogP contribution in [0, 0.1) is 12.7 Å². The number of hydrogen-bond acceptors (Lipinski definition) is 4. The minimum atomic E-state index is -1.02. The molecule has 2 unspecified atom stereocenters. The highest BCUT2D eigenvalue weighted by molar-refractivity contribution is 6.04. The maximum atomic E-state index is 13.6. The minimum Gasteiger partial charge on any atom is -0.438 e. The van der Waals surface area contributed by atoms with Crippen molar-refractivity contribution < 1.29 is 23.5 Å². The molecule has 3 amide bonds. The third kappa shape index (κ3) is 5.96. The Morgan fingerprint density at radius 3 is 2.28 bits per heavy atom. The number of halogens is 1. The lowest BCUT2D eigenvalue weighted by Gasteiger charge is -2.24. The molecule has 39 heavy (non-hydrogen) atoms. The first-order chi connectivity index (χ1) is 18.9. The summed E-state index contributed by atoms with van der Waals surface area (Å²) < 4.78 is 19.1. The molecule has 5 rings (SSSR count). The minimum absolute atomic E-state index is 0.154. The normalized spacial score (nSPS) is 16.5. The van der Waals surface area contributed by atoms with E-state index in [0.29, 0.717) is 22.5 Å². The Kier molecular flexibility index (Phi) is 7.36. The van der Waals surface area contributed by atoms with Gasteiger partial charge in [0, 0.05) is 16.9 Å². The number of nitrogens with zero attached hydrogens (tertiary/aromatic N) is 1. The first kappa shape index (κ1) is 25.7. The largest absolute Gasteiger partial charge is 0.438 e. The van der Waals surface area contributed by atoms with E-state index >= 15 is 0 Å². The second-order valence-electron chi connectivity index (χ2n) is 9.30. The number of carbonyl (C=O) groups is 3. The van der Waals surface area contributed by atoms with Crippen LogP contribution in [-0.2, 0) is 16.1 Å². The number of benzene rings is 4. The number of amides is 3. The van der Waals surface area contributed by atoms with Crippen LogP contribution in [0.5, 0.6) is 0 Å². The number of carbonyl (C=O) groups excluding carboxylic acids is 3. The van der Waals surface area contributed by atoms with Gasteiger partial charge in [0.2, 0.25) is 0 Å². The fourth-order valence-electron chi connectivity index (χ4n) is 4.44. The van der Waals surface area contributed by atoms with Gasteiger partial charge in [-0.15, -0.1) is 0 Å². The van der Waals surface area contributed by atoms with Crippen LogP contribution in [0.2, 0.25) is 0 Å². The molecule has 1 fully saturated rings. The Balaban J connectivity index is 1.43. The van der Waals surface area contributed by atoms with E-state index in [2.05, 4.69) is 10.6 Å². The van der Waals surface area contributed by atoms with Gasteiger partial charge in [-0.05, 0) is 66.6 Å². The zero-order chi connectivity index (χ0) is 27.4. The second-order valence-corrected chi connectivity index (χ2v) is 9.30. The third-order valence-corrected chi connectivity index (χ3v) is 6.45. The van der Waals surface area contributed by atoms with Crippen molar-refractivity contribution in [1.29, 1.82) is 0 Å². The summed E-state index contributed by atoms with van der Waals surface area (Å²) in [6, 6.07) is 27.7. The molecule has 0 bridgehead atoms. The van der Waals surface area contributed by atoms with E-state index in [0.717, 1.165) is 11.1 Å². The molecule has 1 aliphatic heterocycles. The van der Waals surface area contributed by atoms with E-state index in [-0.39, 0.29) is 12.5 Å². The summed E-state index contributed by atoms with van der Waals surface area (Å²) in [4.78, 5) is 40.8. The molecule has 2 atom stereocenters. The van der Waals surface area contributed by atoms with Crippen LogP contribution < -0.4 is 10.6 Å². The number of ether oxygens (including phenoxy) is 1. The van der Waals surface area contributed by atoms with Crippen molar-refractivity contribution in [3.8, 4) is 0 Å². The highest BCUT2D eigenvalue weighted by atomic mass is 19.1. The smallest absolute Gasteiger partial charge is 0.411 e. The zero-order valence-electron chi connectivity index (χ0n) is 21.1. The topological polar surface area (TPSA) is 87.7 Å². The van der Waals surface area contributed by atoms with Crippen molar-refractivity contribution >= 4 is 29.3 Å². The first-order valence-electron chi connectivity index (χ1n) is 12.4. The molecule has 0 saturated carbocycles. The average Bonchev–Trinajstić information content (AvgIpc) is 3.27. The van der Waals surface area contributed by atoms with Gasteiger partial charge in [-0.1, -0.05) is 60.2 Å². The van der Waals surface area contributed by atoms with Gasteiger partial charge < -0.3 is 15.4 Å². The monoisotopic (exact) mass is 523 g/mol. The molecule has 8 heteroatoms. The zero-order valence-corrected chi connectivity index (χ0v) is 21.1. The highest BCUT2D eigenvalue weighted by Gasteiger charge is 2.47. The van der Waals surface area contributed by atoms with Gasteiger partial charge in [0.05, 0.1) is 6.54 Å². The lowest BCUT2D eigenvalue weighted by atomic mass is 10.00. The molecule has 1 saturated heterocycles. The molecule has 7 nitrogen and oxygen atoms in total. The molecule has 196 valence electrons. The Hall–Kier alpha value is -4.98. The predicted molar refractivity (Wildman–Crippen MR) is 146 cm³/mol. The molecular formula is C31H26FN3O4. The van der Waals surface area contributed by atoms with Crippen LogP contribution >= 0.6 is 0 Å². The molecule has 0 radical (unpaired) electrons. The fourth-order valence-corrected chi connectivity index (χ4v) is 4.44. The summed E-state index contributed by atoms with van der Waals surface area (Å²) in [5.41, 5.74) is 3.80. The van der Waals surface area contributed by atoms with E-state index in [4.69, 9.17) is 4.74 Å². The fraction of sp³-hybridized carbons (Fsp3) is 0.129. The van der Waals surface area contributed by atoms with Crippen molar-refractivity contribution in [2.24, 2.45) is 0 Å². The number of aryl methyl sites for hydroxylation is 1. The number of rotatable bonds is 7. The summed E-state index contributed by atoms with van der Waals surface area (Å²) in [7, 11) is 0. The second kappa shape index (κ2) is 11.2. The van der Waals surface area contributed by atoms with E-state index in [1.807, 2.05) is 49.4 Å². The summed E-state index contributed by atoms with van der Waals surface area (Å²) in [6.45, 7) is 2.10. The lowest BCUT2D eigenvalue weighted by Crippen LogP contribution is -2.43. The standard InChI is InChI=1S/C31H26FN3O4/c1-20-10-12-22(13-11-20)29(36)34-26-9-5-8-23(18-26)28-27(30(37)33-25-16-14-24(32)15-17-25)35(31(38)39-28)19-21-6-3-2-4-7-21/h2-18,27-28H,19H2,1H3,(H,33,37)(H,34,36). The Labute approximate surface area is 225 Å². The number of cyclic esters (lactones) is 1. The van der Waals surface area contributed by atoms with E-state index < -0.39 is 30.0 Å². The van der Waals surface area contributed by atoms with E-state index in [1.54, 1.807) is 36.4 Å². The van der Waals surface area contributed by atoms with Crippen LogP contribution in [0.4, 0.5) is 20.6 Å². The molecule has 0 aromatic heterocycles. The molecule has 4 aromatic carbocycles. The summed E-state index contributed by atoms with van der Waals surface area (Å²) in [5.74, 6) is -1.20. The third-order valence-electron chi connectivity index (χ3n) is 6.45. The molecular weight excluding hydrogens is 497 g/mol. The van der Waals surface area contributed by atoms with Gasteiger partial charge in [-0.25, -0.2) is 9.18 Å². The molecule has 1 aliphatic rings. The van der Waals surface area contributed by atoms with Crippen LogP contribution in [0.25, 0.3) is 0 Å². The Morgan fingerprint density at radius 2 is 1.56 bits per heavy atom. The van der Waals surface area contributed by atoms with Gasteiger partial charge in [0.25, 0.3) is 11.8 Å². The highest BCUT2D eigenvalue weighted by Crippen LogP contribution is 2.35. The summed E-state index contributed by atoms with van der Waals surface area (Å²) >= 11 is 0. The van der Waals surface area contributed by atoms with Crippen molar-refractivity contribution in [3.63, 3.8) is 0 Å². The average molecular weight is 524 g/mol. The molecule has 0 spiro atoms. The van der Waals surface area contributed by atoms with Gasteiger partial charge in [-0.3, -0.25) is 14.5 Å². The van der Waals surface area contributed by atoms with Crippen LogP contribution in [0.3, 0.4) is 0 Å². The Morgan fingerprint density at radius 1 is 0.846 bits per heavy atom. The SMILES string of the molecule is Cc1ccc(C(=O)Nc2cccc(C3OC(=O)N(Cc4ccccc4)C3C(=O)Nc3ccc(F)cc3)c2)cc1. The maximum absolute atomic E-state index is 13.6. The quantitative estimate of drug-likeness (QED) is 0.307. The summed E-state index contributed by atoms with van der Waals surface area (Å²) in [6.07, 6.45) is -1.59. The molecule has 2 N–H and O–H groups in total. The number of hydrogen-bond donors (Lipinski definition) is 2. The van der Waals surface area contributed by atoms with Crippen molar-refractivity contribution in [2.75, 3.05) is 10.6 Å². The Bertz CT molecular complexity index is 1490. The van der Waals surface area contributed by atoms with Gasteiger partial charge in [0.15, 0.2) is 12.1 Å². The van der Waals surface area contributed by atoms with Gasteiger partial charge in [-0.2, -0.15) is 0 Å². The van der Waals surface area contributed by atoms with Crippen LogP contribution in [0.1, 0.15) is 33.2 Å². The maximum Gasteiger partial charge on any atom is 0.411 e. The van der Waals surface area contributed by atoms with Crippen molar-refractivity contribution in [3.05, 3.63) is 131 Å². The van der Waals surface area contributed by atoms with Gasteiger partial charge in [0.1, 0.15) is 5.82 Å².